The molecule has 7 nitrogen and oxygen atoms in total. The molecular weight excluding hydrogens is 467 g/mol. The highest BCUT2D eigenvalue weighted by atomic mass is 16.7. The number of nitrogens with one attached hydrogen (secondary N) is 2. The minimum atomic E-state index is -0.781. The van der Waals surface area contributed by atoms with Gasteiger partial charge >= 0.3 is 13.2 Å². The van der Waals surface area contributed by atoms with Crippen molar-refractivity contribution in [2.45, 2.75) is 105 Å². The molecule has 1 aliphatic heterocycles. The minimum Gasteiger partial charge on any atom is -0.445 e. The molecule has 0 radical (unpaired) electrons. The van der Waals surface area contributed by atoms with E-state index in [1.165, 1.54) is 6.42 Å². The Hall–Kier alpha value is -2.06. The number of alkyl carbamates (subject to hydrolysis) is 1. The molecule has 1 heterocycles. The normalized spacial score (nSPS) is 29.6. The number of carbonyl (C=O) groups is 2. The Labute approximate surface area is 222 Å². The summed E-state index contributed by atoms with van der Waals surface area (Å²) < 4.78 is 18.6. The average Bonchev–Trinajstić information content (AvgIpc) is 3.17. The molecule has 0 spiro atoms. The van der Waals surface area contributed by atoms with Crippen molar-refractivity contribution in [1.29, 1.82) is 0 Å². The van der Waals surface area contributed by atoms with Crippen LogP contribution in [0.15, 0.2) is 30.3 Å². The van der Waals surface area contributed by atoms with E-state index in [2.05, 4.69) is 45.3 Å². The zero-order valence-corrected chi connectivity index (χ0v) is 23.8. The first kappa shape index (κ1) is 28.0. The highest BCUT2D eigenvalue weighted by Gasteiger charge is 2.68. The maximum absolute atomic E-state index is 13.6. The van der Waals surface area contributed by atoms with Gasteiger partial charge in [-0.2, -0.15) is 0 Å². The Bertz CT molecular complexity index is 978. The Morgan fingerprint density at radius 3 is 2.38 bits per heavy atom. The molecule has 5 rings (SSSR count). The van der Waals surface area contributed by atoms with Crippen LogP contribution < -0.4 is 10.6 Å². The monoisotopic (exact) mass is 512 g/mol. The van der Waals surface area contributed by atoms with Crippen molar-refractivity contribution in [3.05, 3.63) is 35.9 Å². The van der Waals surface area contributed by atoms with Crippen LogP contribution in [0, 0.1) is 28.6 Å². The van der Waals surface area contributed by atoms with Crippen LogP contribution in [-0.4, -0.2) is 42.8 Å². The van der Waals surface area contributed by atoms with Crippen LogP contribution in [0.25, 0.3) is 0 Å². The molecule has 3 saturated carbocycles. The predicted octanol–water partition coefficient (Wildman–Crippen LogP) is 5.13. The maximum Gasteiger partial charge on any atom is 0.481 e. The van der Waals surface area contributed by atoms with Crippen LogP contribution in [0.5, 0.6) is 0 Å². The van der Waals surface area contributed by atoms with Gasteiger partial charge in [0.25, 0.3) is 0 Å². The van der Waals surface area contributed by atoms with Crippen LogP contribution in [0.2, 0.25) is 0 Å². The van der Waals surface area contributed by atoms with Crippen molar-refractivity contribution in [2.24, 2.45) is 28.6 Å². The second-order valence-electron chi connectivity index (χ2n) is 13.6. The number of hydrogen-bond acceptors (Lipinski definition) is 5. The molecule has 2 bridgehead atoms. The fourth-order valence-corrected chi connectivity index (χ4v) is 6.64. The molecule has 204 valence electrons. The molecule has 0 unspecified atom stereocenters. The van der Waals surface area contributed by atoms with Crippen LogP contribution in [0.3, 0.4) is 0 Å². The first-order chi connectivity index (χ1) is 17.2. The first-order valence-electron chi connectivity index (χ1n) is 13.8. The minimum absolute atomic E-state index is 0.0466. The third kappa shape index (κ3) is 5.70. The van der Waals surface area contributed by atoms with Crippen molar-refractivity contribution in [1.82, 2.24) is 10.6 Å². The molecule has 4 aliphatic rings. The van der Waals surface area contributed by atoms with Gasteiger partial charge in [-0.1, -0.05) is 78.8 Å². The summed E-state index contributed by atoms with van der Waals surface area (Å²) in [6.45, 7) is 17.1. The lowest BCUT2D eigenvalue weighted by molar-refractivity contribution is -0.199. The summed E-state index contributed by atoms with van der Waals surface area (Å²) in [5, 5.41) is 6.00. The third-order valence-electron chi connectivity index (χ3n) is 8.95. The van der Waals surface area contributed by atoms with Gasteiger partial charge in [0, 0.05) is 0 Å². The molecule has 0 aromatic heterocycles. The van der Waals surface area contributed by atoms with Crippen molar-refractivity contribution in [3.8, 4) is 0 Å². The van der Waals surface area contributed by atoms with Crippen LogP contribution in [-0.2, 0) is 25.4 Å². The summed E-state index contributed by atoms with van der Waals surface area (Å²) in [6.07, 6.45) is 2.32. The van der Waals surface area contributed by atoms with Crippen molar-refractivity contribution in [3.63, 3.8) is 0 Å². The van der Waals surface area contributed by atoms with E-state index >= 15 is 0 Å². The molecule has 37 heavy (non-hydrogen) atoms. The summed E-state index contributed by atoms with van der Waals surface area (Å²) in [5.74, 6) is 0.865. The summed E-state index contributed by atoms with van der Waals surface area (Å²) in [5.41, 5.74) is 0.270. The molecule has 2 N–H and O–H groups in total. The molecular formula is C29H45BN2O5. The zero-order valence-electron chi connectivity index (χ0n) is 23.8. The van der Waals surface area contributed by atoms with E-state index in [0.717, 1.165) is 12.0 Å². The number of ether oxygens (including phenoxy) is 1. The largest absolute Gasteiger partial charge is 0.481 e. The summed E-state index contributed by atoms with van der Waals surface area (Å²) >= 11 is 0. The van der Waals surface area contributed by atoms with Crippen LogP contribution >= 0.6 is 0 Å². The second-order valence-corrected chi connectivity index (χ2v) is 13.6. The Morgan fingerprint density at radius 2 is 1.78 bits per heavy atom. The van der Waals surface area contributed by atoms with Gasteiger partial charge in [0.05, 0.1) is 17.6 Å². The van der Waals surface area contributed by atoms with Crippen LogP contribution in [0.4, 0.5) is 4.79 Å². The smallest absolute Gasteiger partial charge is 0.445 e. The van der Waals surface area contributed by atoms with Crippen molar-refractivity contribution >= 4 is 19.1 Å². The summed E-state index contributed by atoms with van der Waals surface area (Å²) in [6, 6.07) is 8.70. The first-order valence-corrected chi connectivity index (χ1v) is 13.8. The van der Waals surface area contributed by atoms with E-state index in [1.807, 2.05) is 51.1 Å². The maximum atomic E-state index is 13.6. The van der Waals surface area contributed by atoms with Gasteiger partial charge in [-0.15, -0.1) is 0 Å². The number of carbonyl (C=O) groups excluding carboxylic acids is 2. The number of rotatable bonds is 8. The quantitative estimate of drug-likeness (QED) is 0.472. The molecule has 1 saturated heterocycles. The van der Waals surface area contributed by atoms with Crippen molar-refractivity contribution < 1.29 is 23.6 Å². The van der Waals surface area contributed by atoms with E-state index in [0.29, 0.717) is 24.2 Å². The van der Waals surface area contributed by atoms with Gasteiger partial charge in [0.15, 0.2) is 0 Å². The van der Waals surface area contributed by atoms with Gasteiger partial charge in [-0.25, -0.2) is 4.79 Å². The third-order valence-corrected chi connectivity index (χ3v) is 8.95. The van der Waals surface area contributed by atoms with E-state index in [9.17, 15) is 9.59 Å². The van der Waals surface area contributed by atoms with E-state index in [4.69, 9.17) is 14.0 Å². The van der Waals surface area contributed by atoms with Gasteiger partial charge < -0.3 is 24.7 Å². The molecule has 3 aliphatic carbocycles. The van der Waals surface area contributed by atoms with Gasteiger partial charge in [0.1, 0.15) is 12.6 Å². The van der Waals surface area contributed by atoms with Gasteiger partial charge in [-0.3, -0.25) is 4.79 Å². The Kier molecular flexibility index (Phi) is 7.75. The lowest BCUT2D eigenvalue weighted by atomic mass is 9.43. The molecule has 4 fully saturated rings. The highest BCUT2D eigenvalue weighted by molar-refractivity contribution is 6.48. The average molecular weight is 513 g/mol. The number of hydrogen-bond donors (Lipinski definition) is 2. The molecule has 8 heteroatoms. The van der Waals surface area contributed by atoms with Gasteiger partial charge in [0.2, 0.25) is 5.91 Å². The topological polar surface area (TPSA) is 85.9 Å². The van der Waals surface area contributed by atoms with Crippen molar-refractivity contribution in [2.75, 3.05) is 0 Å². The standard InChI is InChI=1S/C29H45BN2O5/c1-18(2)14-23(30-36-22-16-20-15-21(28(20,6)7)29(22,8)37-30)31-25(33)24(27(3,4)5)32-26(34)35-17-19-12-10-9-11-13-19/h9-13,18,20-24H,14-17H2,1-8H3,(H,31,33)(H,32,34)/t20-,21-,22+,23-,24+,29-/m0/s1. The number of amides is 2. The lowest BCUT2D eigenvalue weighted by Gasteiger charge is -2.64. The fourth-order valence-electron chi connectivity index (χ4n) is 6.64. The zero-order chi connectivity index (χ0) is 27.2. The van der Waals surface area contributed by atoms with E-state index in [1.54, 1.807) is 0 Å². The Balaban J connectivity index is 1.43. The van der Waals surface area contributed by atoms with E-state index in [-0.39, 0.29) is 35.6 Å². The molecule has 1 aromatic rings. The second kappa shape index (κ2) is 10.3. The van der Waals surface area contributed by atoms with E-state index < -0.39 is 24.7 Å². The molecule has 6 atom stereocenters. The SMILES string of the molecule is CC(C)C[C@H](NC(=O)[C@@H](NC(=O)OCc1ccccc1)C(C)(C)C)B1O[C@@H]2C[C@@H]3C[C@@H](C3(C)C)[C@]2(C)O1. The summed E-state index contributed by atoms with van der Waals surface area (Å²) in [7, 11) is -0.512. The fraction of sp³-hybridized carbons (Fsp3) is 0.724. The summed E-state index contributed by atoms with van der Waals surface area (Å²) in [4.78, 5) is 26.3. The lowest BCUT2D eigenvalue weighted by Crippen LogP contribution is -2.65. The number of benzene rings is 1. The van der Waals surface area contributed by atoms with Gasteiger partial charge in [-0.05, 0) is 60.3 Å². The Morgan fingerprint density at radius 1 is 1.11 bits per heavy atom. The predicted molar refractivity (Wildman–Crippen MR) is 145 cm³/mol. The van der Waals surface area contributed by atoms with Crippen LogP contribution in [0.1, 0.15) is 80.2 Å². The highest BCUT2D eigenvalue weighted by Crippen LogP contribution is 2.65. The molecule has 2 amide bonds. The molecule has 1 aromatic carbocycles.